The molecule has 0 heterocycles. The van der Waals surface area contributed by atoms with E-state index < -0.39 is 0 Å². The molecule has 66 heavy (non-hydrogen) atoms. The minimum atomic E-state index is 0.0600. The fraction of sp³-hybridized carbons (Fsp3) is 0.0667. The summed E-state index contributed by atoms with van der Waals surface area (Å²) in [5, 5.41) is 29.5. The highest BCUT2D eigenvalue weighted by molar-refractivity contribution is 6.14. The van der Waals surface area contributed by atoms with Crippen molar-refractivity contribution in [2.75, 3.05) is 28.4 Å². The van der Waals surface area contributed by atoms with Crippen molar-refractivity contribution in [3.63, 3.8) is 0 Å². The largest absolute Gasteiger partial charge is 0.507 e. The van der Waals surface area contributed by atoms with Gasteiger partial charge in [0.05, 0.1) is 28.4 Å². The zero-order valence-corrected chi connectivity index (χ0v) is 37.0. The van der Waals surface area contributed by atoms with Gasteiger partial charge < -0.3 is 29.2 Å². The molecule has 2 N–H and O–H groups in total. The maximum atomic E-state index is 13.0. The molecule has 0 spiro atoms. The van der Waals surface area contributed by atoms with Gasteiger partial charge in [-0.15, -0.1) is 0 Å². The van der Waals surface area contributed by atoms with Gasteiger partial charge >= 0.3 is 0 Å². The van der Waals surface area contributed by atoms with Crippen molar-refractivity contribution in [3.8, 4) is 112 Å². The van der Waals surface area contributed by atoms with Gasteiger partial charge in [0.15, 0.2) is 0 Å². The van der Waals surface area contributed by atoms with Gasteiger partial charge in [0, 0.05) is 22.3 Å². The molecule has 0 radical (unpaired) electrons. The highest BCUT2D eigenvalue weighted by Gasteiger charge is 2.24. The molecule has 0 aromatic heterocycles. The Morgan fingerprint density at radius 1 is 0.273 bits per heavy atom. The number of hydrogen-bond acceptors (Lipinski definition) is 6. The lowest BCUT2D eigenvalue weighted by molar-refractivity contribution is 0.415. The first-order valence-electron chi connectivity index (χ1n) is 21.7. The lowest BCUT2D eigenvalue weighted by Gasteiger charge is -2.21. The number of fused-ring (bicyclic) bond motifs is 2. The van der Waals surface area contributed by atoms with Crippen LogP contribution >= 0.6 is 0 Å². The van der Waals surface area contributed by atoms with Crippen molar-refractivity contribution in [3.05, 3.63) is 194 Å². The molecule has 0 saturated carbocycles. The second-order valence-electron chi connectivity index (χ2n) is 16.2. The zero-order chi connectivity index (χ0) is 45.3. The Kier molecular flexibility index (Phi) is 11.1. The molecule has 0 aliphatic heterocycles. The molecular weight excluding hydrogens is 817 g/mol. The van der Waals surface area contributed by atoms with Gasteiger partial charge in [0.25, 0.3) is 0 Å². The number of phenolic OH excluding ortho intramolecular Hbond substituents is 2. The molecule has 0 atom stereocenters. The topological polar surface area (TPSA) is 77.4 Å². The first-order valence-corrected chi connectivity index (χ1v) is 21.7. The van der Waals surface area contributed by atoms with Gasteiger partial charge in [-0.05, 0) is 174 Å². The van der Waals surface area contributed by atoms with Gasteiger partial charge in [-0.2, -0.15) is 0 Å². The average Bonchev–Trinajstić information content (AvgIpc) is 3.38. The molecule has 10 aromatic rings. The number of aromatic hydroxyl groups is 2. The van der Waals surface area contributed by atoms with Crippen LogP contribution in [0.3, 0.4) is 0 Å². The minimum absolute atomic E-state index is 0.0600. The second-order valence-corrected chi connectivity index (χ2v) is 16.2. The van der Waals surface area contributed by atoms with Crippen LogP contribution in [0.2, 0.25) is 0 Å². The monoisotopic (exact) mass is 862 g/mol. The van der Waals surface area contributed by atoms with Gasteiger partial charge in [-0.25, -0.2) is 0 Å². The molecule has 0 unspecified atom stereocenters. The minimum Gasteiger partial charge on any atom is -0.507 e. The van der Waals surface area contributed by atoms with E-state index in [4.69, 9.17) is 18.9 Å². The van der Waals surface area contributed by atoms with Gasteiger partial charge in [0.1, 0.15) is 34.5 Å². The summed E-state index contributed by atoms with van der Waals surface area (Å²) >= 11 is 0. The molecule has 0 saturated heterocycles. The normalized spacial score (nSPS) is 11.2. The maximum Gasteiger partial charge on any atom is 0.132 e. The van der Waals surface area contributed by atoms with Crippen LogP contribution in [0.1, 0.15) is 0 Å². The molecule has 6 nitrogen and oxygen atoms in total. The van der Waals surface area contributed by atoms with E-state index in [0.717, 1.165) is 100 Å². The lowest BCUT2D eigenvalue weighted by atomic mass is 9.85. The lowest BCUT2D eigenvalue weighted by Crippen LogP contribution is -1.93. The third-order valence-electron chi connectivity index (χ3n) is 12.5. The Bertz CT molecular complexity index is 3030. The summed E-state index contributed by atoms with van der Waals surface area (Å²) in [5.74, 6) is 3.18. The van der Waals surface area contributed by atoms with Crippen LogP contribution in [-0.4, -0.2) is 38.7 Å². The number of benzene rings is 10. The van der Waals surface area contributed by atoms with E-state index in [9.17, 15) is 10.2 Å². The molecule has 0 aliphatic rings. The van der Waals surface area contributed by atoms with Gasteiger partial charge in [-0.3, -0.25) is 0 Å². The summed E-state index contributed by atoms with van der Waals surface area (Å²) in [5.41, 5.74) is 11.8. The van der Waals surface area contributed by atoms with Crippen molar-refractivity contribution in [1.29, 1.82) is 0 Å². The van der Waals surface area contributed by atoms with E-state index in [0.29, 0.717) is 22.3 Å². The second kappa shape index (κ2) is 17.6. The van der Waals surface area contributed by atoms with E-state index >= 15 is 0 Å². The van der Waals surface area contributed by atoms with Crippen LogP contribution in [0.4, 0.5) is 0 Å². The van der Waals surface area contributed by atoms with E-state index in [1.165, 1.54) is 0 Å². The van der Waals surface area contributed by atoms with Crippen molar-refractivity contribution >= 4 is 21.5 Å². The van der Waals surface area contributed by atoms with Crippen LogP contribution in [0.5, 0.6) is 34.5 Å². The Balaban J connectivity index is 1.22. The molecule has 6 heteroatoms. The Hall–Kier alpha value is -8.48. The molecule has 322 valence electrons. The quantitative estimate of drug-likeness (QED) is 0.135. The summed E-state index contributed by atoms with van der Waals surface area (Å²) in [6.45, 7) is 0. The number of ether oxygens (including phenoxy) is 4. The molecule has 0 bridgehead atoms. The maximum absolute atomic E-state index is 13.0. The average molecular weight is 863 g/mol. The fourth-order valence-corrected chi connectivity index (χ4v) is 8.99. The third kappa shape index (κ3) is 7.79. The fourth-order valence-electron chi connectivity index (χ4n) is 8.99. The molecule has 0 amide bonds. The summed E-state index contributed by atoms with van der Waals surface area (Å²) in [4.78, 5) is 0. The standard InChI is InChI=1S/C60H46O6/c1-63-49-21-13-37(14-22-49)43-29-44(38-15-23-50(64-2)24-16-38)32-47(31-43)55-35-41-9-5-7-11-53(41)57(59(55)61)58-54-12-8-6-10-42(54)36-56(60(58)62)48-33-45(39-17-25-51(65-3)26-18-39)30-46(34-48)40-19-27-52(66-4)28-20-40/h5-36,61-62H,1-4H3. The molecule has 10 aromatic carbocycles. The summed E-state index contributed by atoms with van der Waals surface area (Å²) in [6, 6.07) is 64.9. The van der Waals surface area contributed by atoms with Crippen LogP contribution in [0, 0.1) is 0 Å². The van der Waals surface area contributed by atoms with E-state index in [1.54, 1.807) is 28.4 Å². The number of phenols is 2. The first kappa shape index (κ1) is 41.5. The predicted octanol–water partition coefficient (Wildman–Crippen LogP) is 15.1. The van der Waals surface area contributed by atoms with Crippen molar-refractivity contribution in [1.82, 2.24) is 0 Å². The van der Waals surface area contributed by atoms with Gasteiger partial charge in [0.2, 0.25) is 0 Å². The van der Waals surface area contributed by atoms with Crippen molar-refractivity contribution in [2.24, 2.45) is 0 Å². The Morgan fingerprint density at radius 2 is 0.530 bits per heavy atom. The van der Waals surface area contributed by atoms with E-state index in [-0.39, 0.29) is 11.5 Å². The highest BCUT2D eigenvalue weighted by Crippen LogP contribution is 2.52. The Labute approximate surface area is 384 Å². The first-order chi connectivity index (χ1) is 32.3. The molecule has 0 aliphatic carbocycles. The van der Waals surface area contributed by atoms with Crippen molar-refractivity contribution < 1.29 is 29.2 Å². The molecular formula is C60H46O6. The zero-order valence-electron chi connectivity index (χ0n) is 37.0. The predicted molar refractivity (Wildman–Crippen MR) is 269 cm³/mol. The van der Waals surface area contributed by atoms with Crippen LogP contribution in [0.25, 0.3) is 99.4 Å². The third-order valence-corrected chi connectivity index (χ3v) is 12.5. The highest BCUT2D eigenvalue weighted by atomic mass is 16.5. The van der Waals surface area contributed by atoms with Crippen LogP contribution < -0.4 is 18.9 Å². The summed E-state index contributed by atoms with van der Waals surface area (Å²) in [6.07, 6.45) is 0. The summed E-state index contributed by atoms with van der Waals surface area (Å²) < 4.78 is 22.0. The van der Waals surface area contributed by atoms with E-state index in [1.807, 2.05) is 146 Å². The van der Waals surface area contributed by atoms with Crippen LogP contribution in [0.15, 0.2) is 194 Å². The van der Waals surface area contributed by atoms with E-state index in [2.05, 4.69) is 48.5 Å². The number of methoxy groups -OCH3 is 4. The summed E-state index contributed by atoms with van der Waals surface area (Å²) in [7, 11) is 6.64. The van der Waals surface area contributed by atoms with Crippen LogP contribution in [-0.2, 0) is 0 Å². The van der Waals surface area contributed by atoms with Gasteiger partial charge in [-0.1, -0.05) is 97.1 Å². The number of rotatable bonds is 11. The molecule has 0 fully saturated rings. The molecule has 10 rings (SSSR count). The number of hydrogen-bond donors (Lipinski definition) is 2. The SMILES string of the molecule is COc1ccc(-c2cc(-c3ccc(OC)cc3)cc(-c3cc4ccccc4c(-c4c(O)c(-c5cc(-c6ccc(OC)cc6)cc(-c6ccc(OC)cc6)c5)cc5ccccc45)c3O)c2)cc1. The van der Waals surface area contributed by atoms with Crippen molar-refractivity contribution in [2.45, 2.75) is 0 Å². The Morgan fingerprint density at radius 3 is 0.803 bits per heavy atom. The smallest absolute Gasteiger partial charge is 0.132 e.